The van der Waals surface area contributed by atoms with Gasteiger partial charge in [-0.2, -0.15) is 0 Å². The molecule has 0 unspecified atom stereocenters. The second-order valence-corrected chi connectivity index (χ2v) is 7.63. The van der Waals surface area contributed by atoms with Gasteiger partial charge in [-0.05, 0) is 42.7 Å². The van der Waals surface area contributed by atoms with Gasteiger partial charge in [0, 0.05) is 18.7 Å². The van der Waals surface area contributed by atoms with Crippen molar-refractivity contribution in [3.8, 4) is 17.1 Å². The Labute approximate surface area is 175 Å². The van der Waals surface area contributed by atoms with Crippen LogP contribution >= 0.6 is 11.8 Å². The Morgan fingerprint density at radius 2 is 1.86 bits per heavy atom. The van der Waals surface area contributed by atoms with Crippen molar-refractivity contribution >= 4 is 17.7 Å². The first-order valence-electron chi connectivity index (χ1n) is 9.64. The maximum Gasteiger partial charge on any atom is 0.230 e. The van der Waals surface area contributed by atoms with Crippen molar-refractivity contribution in [1.29, 1.82) is 0 Å². The average Bonchev–Trinajstić information content (AvgIpc) is 3.19. The molecule has 0 saturated carbocycles. The van der Waals surface area contributed by atoms with E-state index < -0.39 is 0 Å². The van der Waals surface area contributed by atoms with Crippen LogP contribution in [0.25, 0.3) is 11.4 Å². The highest BCUT2D eigenvalue weighted by Crippen LogP contribution is 2.25. The largest absolute Gasteiger partial charge is 0.497 e. The van der Waals surface area contributed by atoms with Gasteiger partial charge in [-0.1, -0.05) is 49.0 Å². The maximum absolute atomic E-state index is 12.3. The number of benzene rings is 2. The molecule has 1 amide bonds. The summed E-state index contributed by atoms with van der Waals surface area (Å²) in [6.07, 6.45) is 0. The summed E-state index contributed by atoms with van der Waals surface area (Å²) in [5.74, 6) is 2.16. The number of ether oxygens (including phenoxy) is 1. The first-order chi connectivity index (χ1) is 14.1. The van der Waals surface area contributed by atoms with E-state index in [0.717, 1.165) is 28.8 Å². The smallest absolute Gasteiger partial charge is 0.230 e. The molecule has 7 heteroatoms. The molecule has 0 saturated heterocycles. The predicted molar refractivity (Wildman–Crippen MR) is 116 cm³/mol. The lowest BCUT2D eigenvalue weighted by Crippen LogP contribution is -2.29. The molecule has 1 atom stereocenters. The summed E-state index contributed by atoms with van der Waals surface area (Å²) in [6.45, 7) is 5.49. The highest BCUT2D eigenvalue weighted by Gasteiger charge is 2.15. The molecule has 1 heterocycles. The van der Waals surface area contributed by atoms with Crippen LogP contribution in [0.1, 0.15) is 25.3 Å². The summed E-state index contributed by atoms with van der Waals surface area (Å²) in [7, 11) is 1.64. The summed E-state index contributed by atoms with van der Waals surface area (Å²) in [4.78, 5) is 12.3. The highest BCUT2D eigenvalue weighted by molar-refractivity contribution is 7.99. The lowest BCUT2D eigenvalue weighted by molar-refractivity contribution is -0.118. The Kier molecular flexibility index (Phi) is 7.30. The molecule has 0 aliphatic rings. The number of nitrogens with one attached hydrogen (secondary N) is 1. The summed E-state index contributed by atoms with van der Waals surface area (Å²) in [5, 5.41) is 12.4. The third kappa shape index (κ3) is 5.38. The first kappa shape index (κ1) is 20.9. The normalized spacial score (nSPS) is 11.8. The van der Waals surface area contributed by atoms with Crippen LogP contribution < -0.4 is 10.1 Å². The minimum absolute atomic E-state index is 0.00516. The van der Waals surface area contributed by atoms with Gasteiger partial charge in [-0.25, -0.2) is 0 Å². The SMILES string of the molecule is CCn1c(SCC(=O)NC[C@H](C)c2ccccc2)nnc1-c1ccc(OC)cc1. The van der Waals surface area contributed by atoms with Crippen LogP contribution in [0, 0.1) is 0 Å². The molecule has 3 rings (SSSR count). The van der Waals surface area contributed by atoms with Gasteiger partial charge in [0.25, 0.3) is 0 Å². The van der Waals surface area contributed by atoms with Crippen molar-refractivity contribution < 1.29 is 9.53 Å². The number of rotatable bonds is 9. The van der Waals surface area contributed by atoms with Crippen LogP contribution in [0.3, 0.4) is 0 Å². The lowest BCUT2D eigenvalue weighted by atomic mass is 10.0. The van der Waals surface area contributed by atoms with E-state index >= 15 is 0 Å². The highest BCUT2D eigenvalue weighted by atomic mass is 32.2. The number of hydrogen-bond acceptors (Lipinski definition) is 5. The van der Waals surface area contributed by atoms with Crippen molar-refractivity contribution in [3.05, 3.63) is 60.2 Å². The van der Waals surface area contributed by atoms with Crippen LogP contribution in [0.4, 0.5) is 0 Å². The fourth-order valence-electron chi connectivity index (χ4n) is 2.98. The Morgan fingerprint density at radius 3 is 2.52 bits per heavy atom. The molecule has 0 radical (unpaired) electrons. The van der Waals surface area contributed by atoms with Gasteiger partial charge in [0.15, 0.2) is 11.0 Å². The monoisotopic (exact) mass is 410 g/mol. The Hall–Kier alpha value is -2.80. The summed E-state index contributed by atoms with van der Waals surface area (Å²) in [5.41, 5.74) is 2.18. The standard InChI is InChI=1S/C22H26N4O2S/c1-4-26-21(18-10-12-19(28-3)13-11-18)24-25-22(26)29-15-20(27)23-14-16(2)17-8-6-5-7-9-17/h5-13,16H,4,14-15H2,1-3H3,(H,23,27)/t16-/m0/s1. The van der Waals surface area contributed by atoms with E-state index in [2.05, 4.69) is 34.6 Å². The Bertz CT molecular complexity index is 926. The summed E-state index contributed by atoms with van der Waals surface area (Å²) >= 11 is 1.40. The zero-order valence-electron chi connectivity index (χ0n) is 17.0. The van der Waals surface area contributed by atoms with E-state index in [0.29, 0.717) is 12.3 Å². The van der Waals surface area contributed by atoms with Crippen molar-refractivity contribution in [3.63, 3.8) is 0 Å². The van der Waals surface area contributed by atoms with Crippen molar-refractivity contribution in [1.82, 2.24) is 20.1 Å². The average molecular weight is 411 g/mol. The fourth-order valence-corrected chi connectivity index (χ4v) is 3.81. The summed E-state index contributed by atoms with van der Waals surface area (Å²) < 4.78 is 7.23. The van der Waals surface area contributed by atoms with Crippen LogP contribution in [-0.2, 0) is 11.3 Å². The number of aromatic nitrogens is 3. The third-order valence-electron chi connectivity index (χ3n) is 4.69. The molecule has 0 aliphatic carbocycles. The van der Waals surface area contributed by atoms with E-state index in [4.69, 9.17) is 4.74 Å². The molecule has 2 aromatic carbocycles. The third-order valence-corrected chi connectivity index (χ3v) is 5.65. The Morgan fingerprint density at radius 1 is 1.14 bits per heavy atom. The van der Waals surface area contributed by atoms with E-state index in [1.54, 1.807) is 7.11 Å². The van der Waals surface area contributed by atoms with Gasteiger partial charge >= 0.3 is 0 Å². The molecule has 6 nitrogen and oxygen atoms in total. The summed E-state index contributed by atoms with van der Waals surface area (Å²) in [6, 6.07) is 17.9. The van der Waals surface area contributed by atoms with Crippen molar-refractivity contribution in [2.75, 3.05) is 19.4 Å². The van der Waals surface area contributed by atoms with Gasteiger partial charge < -0.3 is 14.6 Å². The van der Waals surface area contributed by atoms with Crippen LogP contribution in [-0.4, -0.2) is 40.1 Å². The minimum atomic E-state index is -0.00516. The molecule has 29 heavy (non-hydrogen) atoms. The quantitative estimate of drug-likeness (QED) is 0.540. The van der Waals surface area contributed by atoms with Gasteiger partial charge in [0.05, 0.1) is 12.9 Å². The molecule has 0 bridgehead atoms. The van der Waals surface area contributed by atoms with Gasteiger partial charge in [-0.3, -0.25) is 4.79 Å². The molecular formula is C22H26N4O2S. The number of hydrogen-bond donors (Lipinski definition) is 1. The van der Waals surface area contributed by atoms with E-state index in [-0.39, 0.29) is 11.8 Å². The van der Waals surface area contributed by atoms with E-state index in [1.807, 2.05) is 54.0 Å². The zero-order valence-corrected chi connectivity index (χ0v) is 17.8. The fraction of sp³-hybridized carbons (Fsp3) is 0.318. The van der Waals surface area contributed by atoms with E-state index in [9.17, 15) is 4.79 Å². The number of amides is 1. The molecule has 1 aromatic heterocycles. The molecule has 3 aromatic rings. The van der Waals surface area contributed by atoms with Crippen molar-refractivity contribution in [2.45, 2.75) is 31.5 Å². The van der Waals surface area contributed by atoms with Crippen LogP contribution in [0.5, 0.6) is 5.75 Å². The lowest BCUT2D eigenvalue weighted by Gasteiger charge is -2.13. The minimum Gasteiger partial charge on any atom is -0.497 e. The van der Waals surface area contributed by atoms with E-state index in [1.165, 1.54) is 17.3 Å². The second-order valence-electron chi connectivity index (χ2n) is 6.68. The first-order valence-corrected chi connectivity index (χ1v) is 10.6. The molecule has 0 aliphatic heterocycles. The number of carbonyl (C=O) groups excluding carboxylic acids is 1. The molecule has 0 spiro atoms. The number of carbonyl (C=O) groups is 1. The second kappa shape index (κ2) is 10.1. The number of nitrogens with zero attached hydrogens (tertiary/aromatic N) is 3. The molecule has 152 valence electrons. The van der Waals surface area contributed by atoms with Crippen LogP contribution in [0.2, 0.25) is 0 Å². The maximum atomic E-state index is 12.3. The van der Waals surface area contributed by atoms with Crippen LogP contribution in [0.15, 0.2) is 59.8 Å². The Balaban J connectivity index is 1.57. The molecule has 0 fully saturated rings. The molecular weight excluding hydrogens is 384 g/mol. The molecule has 1 N–H and O–H groups in total. The van der Waals surface area contributed by atoms with Gasteiger partial charge in [0.2, 0.25) is 5.91 Å². The zero-order chi connectivity index (χ0) is 20.6. The predicted octanol–water partition coefficient (Wildman–Crippen LogP) is 3.99. The van der Waals surface area contributed by atoms with Gasteiger partial charge in [-0.15, -0.1) is 10.2 Å². The number of thioether (sulfide) groups is 1. The van der Waals surface area contributed by atoms with Gasteiger partial charge in [0.1, 0.15) is 5.75 Å². The topological polar surface area (TPSA) is 69.0 Å². The van der Waals surface area contributed by atoms with Crippen molar-refractivity contribution in [2.24, 2.45) is 0 Å². The number of methoxy groups -OCH3 is 1.